The van der Waals surface area contributed by atoms with Crippen LogP contribution in [-0.4, -0.2) is 38.6 Å². The molecule has 1 aliphatic rings. The molecule has 2 rings (SSSR count). The van der Waals surface area contributed by atoms with Crippen molar-refractivity contribution in [1.29, 1.82) is 0 Å². The maximum Gasteiger partial charge on any atom is 0.330 e. The summed E-state index contributed by atoms with van der Waals surface area (Å²) in [5, 5.41) is 18.4. The molecule has 1 fully saturated rings. The second-order valence-corrected chi connectivity index (χ2v) is 3.55. The number of aromatic amines is 1. The van der Waals surface area contributed by atoms with E-state index >= 15 is 0 Å². The molecule has 0 aliphatic carbocycles. The van der Waals surface area contributed by atoms with Crippen molar-refractivity contribution in [3.05, 3.63) is 33.1 Å². The number of aliphatic hydroxyl groups is 2. The molecule has 2 heterocycles. The van der Waals surface area contributed by atoms with E-state index in [-0.39, 0.29) is 13.0 Å². The number of nitrogens with zero attached hydrogens (tertiary/aromatic N) is 1. The van der Waals surface area contributed by atoms with Crippen molar-refractivity contribution >= 4 is 0 Å². The van der Waals surface area contributed by atoms with Crippen molar-refractivity contribution in [2.45, 2.75) is 24.9 Å². The van der Waals surface area contributed by atoms with Crippen LogP contribution in [0.25, 0.3) is 0 Å². The third-order valence-electron chi connectivity index (χ3n) is 2.46. The van der Waals surface area contributed by atoms with Crippen molar-refractivity contribution in [3.8, 4) is 0 Å². The van der Waals surface area contributed by atoms with Crippen molar-refractivity contribution in [1.82, 2.24) is 9.55 Å². The van der Waals surface area contributed by atoms with Crippen molar-refractivity contribution in [3.63, 3.8) is 0 Å². The summed E-state index contributed by atoms with van der Waals surface area (Å²) in [5.41, 5.74) is -1.19. The summed E-state index contributed by atoms with van der Waals surface area (Å²) in [6.45, 7) is -0.324. The Morgan fingerprint density at radius 2 is 2.38 bits per heavy atom. The van der Waals surface area contributed by atoms with Gasteiger partial charge in [-0.25, -0.2) is 4.79 Å². The fourth-order valence-electron chi connectivity index (χ4n) is 1.64. The van der Waals surface area contributed by atoms with Gasteiger partial charge in [0.2, 0.25) is 0 Å². The number of nitrogens with one attached hydrogen (secondary N) is 1. The van der Waals surface area contributed by atoms with Crippen LogP contribution in [0.3, 0.4) is 0 Å². The van der Waals surface area contributed by atoms with Crippen LogP contribution in [0.2, 0.25) is 0 Å². The molecule has 1 saturated heterocycles. The predicted octanol–water partition coefficient (Wildman–Crippen LogP) is -2.02. The van der Waals surface area contributed by atoms with Crippen LogP contribution in [0.4, 0.5) is 0 Å². The summed E-state index contributed by atoms with van der Waals surface area (Å²) in [7, 11) is 0. The highest BCUT2D eigenvalue weighted by Gasteiger charge is 2.34. The maximum absolute atomic E-state index is 11.4. The van der Waals surface area contributed by atoms with Crippen molar-refractivity contribution < 1.29 is 14.9 Å². The molecule has 16 heavy (non-hydrogen) atoms. The van der Waals surface area contributed by atoms with Gasteiger partial charge in [-0.3, -0.25) is 14.3 Å². The molecule has 0 amide bonds. The monoisotopic (exact) mass is 227 g/mol. The summed E-state index contributed by atoms with van der Waals surface area (Å²) in [6.07, 6.45) is 0.375. The molecule has 0 saturated carbocycles. The summed E-state index contributed by atoms with van der Waals surface area (Å²) in [5.74, 6) is 0. The fourth-order valence-corrected chi connectivity index (χ4v) is 1.64. The zero-order valence-corrected chi connectivity index (χ0v) is 8.29. The van der Waals surface area contributed by atoms with Crippen LogP contribution in [-0.2, 0) is 4.74 Å². The lowest BCUT2D eigenvalue weighted by atomic mass is 10.2. The summed E-state index contributed by atoms with van der Waals surface area (Å²) >= 11 is 0. The van der Waals surface area contributed by atoms with Gasteiger partial charge in [0.25, 0.3) is 5.56 Å². The maximum atomic E-state index is 11.4. The molecule has 1 aromatic heterocycles. The van der Waals surface area contributed by atoms with E-state index in [1.165, 1.54) is 0 Å². The lowest BCUT2D eigenvalue weighted by Crippen LogP contribution is -2.32. The van der Waals surface area contributed by atoms with E-state index < -0.39 is 29.7 Å². The molecular formula is C9H11N2O5. The first kappa shape index (κ1) is 11.1. The highest BCUT2D eigenvalue weighted by atomic mass is 16.5. The van der Waals surface area contributed by atoms with Crippen LogP contribution in [0.15, 0.2) is 15.7 Å². The number of ether oxygens (including phenoxy) is 1. The molecule has 1 radical (unpaired) electrons. The van der Waals surface area contributed by atoms with Crippen LogP contribution in [0.5, 0.6) is 0 Å². The van der Waals surface area contributed by atoms with Crippen molar-refractivity contribution in [2.75, 3.05) is 6.61 Å². The van der Waals surface area contributed by atoms with Gasteiger partial charge in [-0.1, -0.05) is 0 Å². The Balaban J connectivity index is 2.27. The third-order valence-corrected chi connectivity index (χ3v) is 2.46. The molecule has 7 nitrogen and oxygen atoms in total. The molecule has 7 heteroatoms. The first-order chi connectivity index (χ1) is 7.61. The molecule has 1 aliphatic heterocycles. The normalized spacial score (nSPS) is 29.5. The largest absolute Gasteiger partial charge is 0.394 e. The minimum absolute atomic E-state index is 0.174. The van der Waals surface area contributed by atoms with E-state index in [0.717, 1.165) is 10.6 Å². The van der Waals surface area contributed by atoms with Gasteiger partial charge >= 0.3 is 5.69 Å². The Bertz CT molecular complexity index is 479. The van der Waals surface area contributed by atoms with Gasteiger partial charge in [0, 0.05) is 12.5 Å². The lowest BCUT2D eigenvalue weighted by molar-refractivity contribution is -0.0461. The Morgan fingerprint density at radius 3 is 2.94 bits per heavy atom. The van der Waals surface area contributed by atoms with Gasteiger partial charge < -0.3 is 14.9 Å². The van der Waals surface area contributed by atoms with Crippen LogP contribution in [0, 0.1) is 6.20 Å². The molecule has 3 N–H and O–H groups in total. The number of rotatable bonds is 2. The highest BCUT2D eigenvalue weighted by molar-refractivity contribution is 4.86. The third kappa shape index (κ3) is 1.92. The van der Waals surface area contributed by atoms with E-state index in [2.05, 4.69) is 11.2 Å². The molecule has 0 bridgehead atoms. The number of hydrogen-bond donors (Lipinski definition) is 3. The van der Waals surface area contributed by atoms with E-state index in [4.69, 9.17) is 9.84 Å². The van der Waals surface area contributed by atoms with E-state index in [1.54, 1.807) is 0 Å². The molecule has 0 unspecified atom stereocenters. The quantitative estimate of drug-likeness (QED) is 0.541. The lowest BCUT2D eigenvalue weighted by Gasteiger charge is -2.13. The standard InChI is InChI=1S/C9H11N2O5/c12-4-6-5(13)3-8(16-6)11-2-1-7(14)10-9(11)15/h1,5-6,8,12-13H,3-4H2,(H,10,14,15)/t5-,6+,8+/m0/s1. The molecule has 1 aromatic rings. The van der Waals surface area contributed by atoms with Crippen LogP contribution in [0.1, 0.15) is 12.6 Å². The zero-order chi connectivity index (χ0) is 11.7. The van der Waals surface area contributed by atoms with Gasteiger partial charge in [0.1, 0.15) is 12.3 Å². The Labute approximate surface area is 89.9 Å². The van der Waals surface area contributed by atoms with Gasteiger partial charge in [-0.05, 0) is 0 Å². The predicted molar refractivity (Wildman–Crippen MR) is 51.8 cm³/mol. The minimum Gasteiger partial charge on any atom is -0.394 e. The number of H-pyrrole nitrogens is 1. The summed E-state index contributed by atoms with van der Waals surface area (Å²) in [6, 6.07) is 1.07. The average molecular weight is 227 g/mol. The number of hydrogen-bond acceptors (Lipinski definition) is 5. The molecular weight excluding hydrogens is 216 g/mol. The zero-order valence-electron chi connectivity index (χ0n) is 8.29. The minimum atomic E-state index is -0.831. The Morgan fingerprint density at radius 1 is 1.62 bits per heavy atom. The first-order valence-corrected chi connectivity index (χ1v) is 4.79. The summed E-state index contributed by atoms with van der Waals surface area (Å²) < 4.78 is 6.30. The highest BCUT2D eigenvalue weighted by Crippen LogP contribution is 2.26. The van der Waals surface area contributed by atoms with Crippen molar-refractivity contribution in [2.24, 2.45) is 0 Å². The molecule has 87 valence electrons. The van der Waals surface area contributed by atoms with Gasteiger partial charge in [0.15, 0.2) is 0 Å². The van der Waals surface area contributed by atoms with E-state index in [9.17, 15) is 14.7 Å². The van der Waals surface area contributed by atoms with Crippen LogP contribution >= 0.6 is 0 Å². The summed E-state index contributed by atoms with van der Waals surface area (Å²) in [4.78, 5) is 24.3. The second-order valence-electron chi connectivity index (χ2n) is 3.55. The molecule has 3 atom stereocenters. The Kier molecular flexibility index (Phi) is 2.90. The smallest absolute Gasteiger partial charge is 0.330 e. The van der Waals surface area contributed by atoms with Gasteiger partial charge in [-0.2, -0.15) is 0 Å². The fraction of sp³-hybridized carbons (Fsp3) is 0.556. The van der Waals surface area contributed by atoms with Gasteiger partial charge in [-0.15, -0.1) is 0 Å². The number of aliphatic hydroxyl groups excluding tert-OH is 2. The second kappa shape index (κ2) is 4.20. The number of aromatic nitrogens is 2. The van der Waals surface area contributed by atoms with E-state index in [0.29, 0.717) is 0 Å². The Hall–Kier alpha value is -1.44. The molecule has 0 aromatic carbocycles. The topological polar surface area (TPSA) is 105 Å². The molecule has 0 spiro atoms. The SMILES string of the molecule is O=c1c[c]n([C@H]2C[C@H](O)[C@@H](CO)O2)c(=O)[nH]1. The van der Waals surface area contributed by atoms with Gasteiger partial charge in [0.05, 0.1) is 18.9 Å². The van der Waals surface area contributed by atoms with Crippen LogP contribution < -0.4 is 11.2 Å². The van der Waals surface area contributed by atoms with E-state index in [1.807, 2.05) is 0 Å². The average Bonchev–Trinajstić information content (AvgIpc) is 2.59. The first-order valence-electron chi connectivity index (χ1n) is 4.79.